The first-order valence-electron chi connectivity index (χ1n) is 19.2. The molecule has 7 rings (SSSR count). The second-order valence-electron chi connectivity index (χ2n) is 17.3. The van der Waals surface area contributed by atoms with Crippen molar-refractivity contribution in [1.29, 1.82) is 0 Å². The van der Waals surface area contributed by atoms with Gasteiger partial charge in [-0.15, -0.1) is 0 Å². The maximum absolute atomic E-state index is 13.9. The number of ether oxygens (including phenoxy) is 2. The summed E-state index contributed by atoms with van der Waals surface area (Å²) in [5.74, 6) is 0.752. The molecule has 1 spiro atoms. The van der Waals surface area contributed by atoms with E-state index in [4.69, 9.17) is 25.5 Å². The first-order chi connectivity index (χ1) is 24.6. The number of benzene rings is 2. The fraction of sp³-hybridized carbons (Fsp3) is 0.625. The maximum atomic E-state index is 13.9. The van der Waals surface area contributed by atoms with Crippen molar-refractivity contribution in [3.8, 4) is 5.75 Å². The Kier molecular flexibility index (Phi) is 10.7. The maximum Gasteiger partial charge on any atom is 0.304 e. The number of hydrogen-bond acceptors (Lipinski definition) is 7. The number of amides is 1. The standard InChI is InChI=1S/C40H56ClN3O6SSi/c1-39(2,3)52(4,5)50-36-12-6-7-20-44(25-32-11-9-21-48-32)51(46,47)42-38(45)29-14-18-37-35(23-29)43(24-30-13-16-33(30)36)26-40(27-49-37)19-8-10-28-22-31(41)15-17-34(28)40/h6,12,14-15,17-18,22-23,30,32-33,36H,7-11,13,16,19-21,24-27H2,1-5H3,(H,42,45)/b12-6+/t30-,32+,33+,36?,40-/m0/s1. The van der Waals surface area contributed by atoms with E-state index in [1.54, 1.807) is 6.07 Å². The molecule has 1 amide bonds. The third-order valence-corrected chi connectivity index (χ3v) is 18.9. The van der Waals surface area contributed by atoms with Crippen LogP contribution in [0.4, 0.5) is 5.69 Å². The van der Waals surface area contributed by atoms with Gasteiger partial charge in [-0.25, -0.2) is 4.72 Å². The lowest BCUT2D eigenvalue weighted by Crippen LogP contribution is -2.52. The summed E-state index contributed by atoms with van der Waals surface area (Å²) in [6, 6.07) is 11.6. The van der Waals surface area contributed by atoms with E-state index in [1.807, 2.05) is 18.2 Å². The van der Waals surface area contributed by atoms with E-state index in [-0.39, 0.29) is 41.3 Å². The summed E-state index contributed by atoms with van der Waals surface area (Å²) in [5.41, 5.74) is 3.41. The van der Waals surface area contributed by atoms with Crippen molar-refractivity contribution in [3.63, 3.8) is 0 Å². The lowest BCUT2D eigenvalue weighted by Gasteiger charge is -2.48. The van der Waals surface area contributed by atoms with Crippen LogP contribution in [0.25, 0.3) is 0 Å². The van der Waals surface area contributed by atoms with Gasteiger partial charge in [0.2, 0.25) is 0 Å². The zero-order valence-corrected chi connectivity index (χ0v) is 34.0. The Bertz CT molecular complexity index is 1790. The average molecular weight is 771 g/mol. The highest BCUT2D eigenvalue weighted by atomic mass is 35.5. The first kappa shape index (κ1) is 37.9. The summed E-state index contributed by atoms with van der Waals surface area (Å²) in [5, 5.41) is 0.789. The second kappa shape index (κ2) is 14.7. The van der Waals surface area contributed by atoms with Crippen molar-refractivity contribution in [3.05, 3.63) is 70.3 Å². The quantitative estimate of drug-likeness (QED) is 0.252. The van der Waals surface area contributed by atoms with Gasteiger partial charge in [-0.05, 0) is 123 Å². The van der Waals surface area contributed by atoms with Gasteiger partial charge in [0.1, 0.15) is 5.75 Å². The Labute approximate surface area is 316 Å². The molecule has 284 valence electrons. The van der Waals surface area contributed by atoms with Crippen LogP contribution in [-0.4, -0.2) is 78.5 Å². The van der Waals surface area contributed by atoms with E-state index in [9.17, 15) is 13.2 Å². The largest absolute Gasteiger partial charge is 0.490 e. The van der Waals surface area contributed by atoms with Gasteiger partial charge in [0, 0.05) is 48.8 Å². The number of nitrogens with one attached hydrogen (secondary N) is 1. The first-order valence-corrected chi connectivity index (χ1v) is 24.0. The van der Waals surface area contributed by atoms with Crippen molar-refractivity contribution in [2.75, 3.05) is 44.3 Å². The van der Waals surface area contributed by atoms with E-state index in [0.29, 0.717) is 37.2 Å². The molecule has 1 N–H and O–H groups in total. The topological polar surface area (TPSA) is 97.4 Å². The van der Waals surface area contributed by atoms with Crippen molar-refractivity contribution in [2.24, 2.45) is 11.8 Å². The van der Waals surface area contributed by atoms with Gasteiger partial charge in [0.15, 0.2) is 8.32 Å². The summed E-state index contributed by atoms with van der Waals surface area (Å²) in [6.07, 6.45) is 11.4. The monoisotopic (exact) mass is 769 g/mol. The molecule has 3 aliphatic heterocycles. The molecule has 12 heteroatoms. The van der Waals surface area contributed by atoms with Crippen LogP contribution in [0.5, 0.6) is 5.75 Å². The van der Waals surface area contributed by atoms with E-state index in [1.165, 1.54) is 15.4 Å². The molecule has 0 aromatic heterocycles. The lowest BCUT2D eigenvalue weighted by atomic mass is 9.68. The number of aryl methyl sites for hydroxylation is 1. The van der Waals surface area contributed by atoms with E-state index in [0.717, 1.165) is 68.7 Å². The molecule has 0 radical (unpaired) electrons. The fourth-order valence-corrected chi connectivity index (χ4v) is 11.3. The Morgan fingerprint density at radius 3 is 2.65 bits per heavy atom. The second-order valence-corrected chi connectivity index (χ2v) is 24.1. The summed E-state index contributed by atoms with van der Waals surface area (Å²) >= 11 is 6.49. The summed E-state index contributed by atoms with van der Waals surface area (Å²) < 4.78 is 51.3. The molecule has 2 aromatic carbocycles. The van der Waals surface area contributed by atoms with Gasteiger partial charge in [0.05, 0.1) is 24.5 Å². The number of carbonyl (C=O) groups excluding carboxylic acids is 1. The van der Waals surface area contributed by atoms with Crippen molar-refractivity contribution in [2.45, 2.75) is 108 Å². The fourth-order valence-electron chi connectivity index (χ4n) is 8.59. The summed E-state index contributed by atoms with van der Waals surface area (Å²) in [4.78, 5) is 16.2. The molecular weight excluding hydrogens is 714 g/mol. The Balaban J connectivity index is 1.29. The molecule has 5 aliphatic rings. The minimum Gasteiger partial charge on any atom is -0.490 e. The highest BCUT2D eigenvalue weighted by Gasteiger charge is 2.47. The van der Waals surface area contributed by atoms with Crippen LogP contribution in [0.15, 0.2) is 48.6 Å². The number of rotatable bonds is 4. The molecule has 3 heterocycles. The number of halogens is 1. The number of carbonyl (C=O) groups is 1. The molecule has 1 saturated carbocycles. The zero-order chi connectivity index (χ0) is 36.9. The number of anilines is 1. The molecule has 1 saturated heterocycles. The highest BCUT2D eigenvalue weighted by molar-refractivity contribution is 7.87. The third-order valence-electron chi connectivity index (χ3n) is 12.8. The number of hydrogen-bond donors (Lipinski definition) is 1. The summed E-state index contributed by atoms with van der Waals surface area (Å²) in [7, 11) is -6.31. The van der Waals surface area contributed by atoms with Gasteiger partial charge >= 0.3 is 10.2 Å². The average Bonchev–Trinajstić information content (AvgIpc) is 3.53. The van der Waals surface area contributed by atoms with Crippen LogP contribution in [0.3, 0.4) is 0 Å². The predicted octanol–water partition coefficient (Wildman–Crippen LogP) is 7.65. The van der Waals surface area contributed by atoms with Gasteiger partial charge < -0.3 is 18.8 Å². The molecule has 1 unspecified atom stereocenters. The van der Waals surface area contributed by atoms with Crippen LogP contribution in [-0.2, 0) is 31.2 Å². The molecule has 9 nitrogen and oxygen atoms in total. The van der Waals surface area contributed by atoms with Crippen LogP contribution >= 0.6 is 11.6 Å². The summed E-state index contributed by atoms with van der Waals surface area (Å²) in [6.45, 7) is 14.5. The van der Waals surface area contributed by atoms with E-state index < -0.39 is 24.4 Å². The van der Waals surface area contributed by atoms with Crippen molar-refractivity contribution in [1.82, 2.24) is 9.03 Å². The molecule has 2 aromatic rings. The highest BCUT2D eigenvalue weighted by Crippen LogP contribution is 2.48. The van der Waals surface area contributed by atoms with Crippen molar-refractivity contribution < 1.29 is 27.1 Å². The Morgan fingerprint density at radius 1 is 1.10 bits per heavy atom. The number of nitrogens with zero attached hydrogens (tertiary/aromatic N) is 2. The lowest BCUT2D eigenvalue weighted by molar-refractivity contribution is 0.0524. The predicted molar refractivity (Wildman–Crippen MR) is 209 cm³/mol. The van der Waals surface area contributed by atoms with Crippen LogP contribution in [0.1, 0.15) is 87.2 Å². The van der Waals surface area contributed by atoms with E-state index >= 15 is 0 Å². The Morgan fingerprint density at radius 2 is 1.92 bits per heavy atom. The molecule has 2 fully saturated rings. The minimum atomic E-state index is -4.17. The van der Waals surface area contributed by atoms with Gasteiger partial charge in [0.25, 0.3) is 5.91 Å². The molecule has 2 aliphatic carbocycles. The van der Waals surface area contributed by atoms with Gasteiger partial charge in [-0.1, -0.05) is 50.6 Å². The van der Waals surface area contributed by atoms with E-state index in [2.05, 4.69) is 67.8 Å². The minimum absolute atomic E-state index is 0.0425. The molecule has 52 heavy (non-hydrogen) atoms. The smallest absolute Gasteiger partial charge is 0.304 e. The van der Waals surface area contributed by atoms with Crippen LogP contribution in [0.2, 0.25) is 23.2 Å². The van der Waals surface area contributed by atoms with Gasteiger partial charge in [-0.2, -0.15) is 12.7 Å². The molecule has 5 atom stereocenters. The van der Waals surface area contributed by atoms with Crippen LogP contribution < -0.4 is 14.4 Å². The van der Waals surface area contributed by atoms with Crippen LogP contribution in [0, 0.1) is 11.8 Å². The van der Waals surface area contributed by atoms with Gasteiger partial charge in [-0.3, -0.25) is 4.79 Å². The third kappa shape index (κ3) is 7.73. The normalized spacial score (nSPS) is 30.3. The molecule has 2 bridgehead atoms. The molecular formula is C40H56ClN3O6SSi. The SMILES string of the molecule is CC(C)(C)[Si](C)(C)OC1/C=C/CCN(C[C@H]2CCCO2)S(=O)(=O)NC(=O)c2ccc3c(c2)N(C[C@@H]2CC[C@@H]12)C[C@@]1(CCCc2cc(Cl)ccc21)CO3. The Hall–Kier alpha value is -2.41. The zero-order valence-electron chi connectivity index (χ0n) is 31.5. The number of fused-ring (bicyclic) bond motifs is 4. The van der Waals surface area contributed by atoms with Crippen molar-refractivity contribution >= 4 is 41.7 Å².